The molecule has 1 N–H and O–H groups in total. The lowest BCUT2D eigenvalue weighted by Gasteiger charge is -2.23. The second-order valence-electron chi connectivity index (χ2n) is 9.22. The smallest absolute Gasteiger partial charge is 0.254 e. The SMILES string of the molecule is O=C(NC1CC1)c1ccc(CN(C(=O)c2ccc(CN3CCCC3=O)cc2)C2CC2)cc1. The molecule has 3 fully saturated rings. The molecule has 3 aliphatic rings. The summed E-state index contributed by atoms with van der Waals surface area (Å²) in [6.07, 6.45) is 5.77. The van der Waals surface area contributed by atoms with Crippen molar-refractivity contribution in [3.05, 3.63) is 70.8 Å². The van der Waals surface area contributed by atoms with Gasteiger partial charge in [-0.25, -0.2) is 0 Å². The van der Waals surface area contributed by atoms with E-state index in [1.807, 2.05) is 58.3 Å². The van der Waals surface area contributed by atoms with Crippen molar-refractivity contribution in [2.24, 2.45) is 0 Å². The van der Waals surface area contributed by atoms with Gasteiger partial charge in [0.05, 0.1) is 0 Å². The first-order valence-corrected chi connectivity index (χ1v) is 11.6. The highest BCUT2D eigenvalue weighted by atomic mass is 16.2. The highest BCUT2D eigenvalue weighted by Crippen LogP contribution is 2.30. The zero-order valence-corrected chi connectivity index (χ0v) is 18.3. The van der Waals surface area contributed by atoms with Gasteiger partial charge in [0.25, 0.3) is 11.8 Å². The third kappa shape index (κ3) is 4.85. The Kier molecular flexibility index (Phi) is 5.68. The number of carbonyl (C=O) groups is 3. The minimum atomic E-state index is -0.0232. The first kappa shape index (κ1) is 20.7. The van der Waals surface area contributed by atoms with E-state index in [4.69, 9.17) is 0 Å². The van der Waals surface area contributed by atoms with Gasteiger partial charge in [-0.05, 0) is 67.5 Å². The van der Waals surface area contributed by atoms with E-state index in [-0.39, 0.29) is 23.8 Å². The Balaban J connectivity index is 1.23. The second kappa shape index (κ2) is 8.77. The maximum absolute atomic E-state index is 13.2. The van der Waals surface area contributed by atoms with Gasteiger partial charge in [0, 0.05) is 49.3 Å². The van der Waals surface area contributed by atoms with E-state index < -0.39 is 0 Å². The molecule has 5 rings (SSSR count). The minimum absolute atomic E-state index is 0.0232. The van der Waals surface area contributed by atoms with Crippen LogP contribution in [0.4, 0.5) is 0 Å². The molecule has 0 radical (unpaired) electrons. The summed E-state index contributed by atoms with van der Waals surface area (Å²) in [5, 5.41) is 3.00. The van der Waals surface area contributed by atoms with Gasteiger partial charge in [-0.3, -0.25) is 14.4 Å². The average molecular weight is 432 g/mol. The Labute approximate surface area is 188 Å². The molecule has 1 heterocycles. The predicted molar refractivity (Wildman–Crippen MR) is 121 cm³/mol. The van der Waals surface area contributed by atoms with Crippen molar-refractivity contribution in [3.63, 3.8) is 0 Å². The Hall–Kier alpha value is -3.15. The molecular weight excluding hydrogens is 402 g/mol. The van der Waals surface area contributed by atoms with Gasteiger partial charge in [0.2, 0.25) is 5.91 Å². The molecule has 3 amide bonds. The zero-order valence-electron chi connectivity index (χ0n) is 18.3. The van der Waals surface area contributed by atoms with Gasteiger partial charge in [0.15, 0.2) is 0 Å². The number of benzene rings is 2. The van der Waals surface area contributed by atoms with E-state index in [0.29, 0.717) is 36.7 Å². The Morgan fingerprint density at radius 2 is 1.56 bits per heavy atom. The molecule has 6 heteroatoms. The first-order valence-electron chi connectivity index (χ1n) is 11.6. The van der Waals surface area contributed by atoms with Crippen LogP contribution in [0.5, 0.6) is 0 Å². The molecule has 2 aromatic rings. The minimum Gasteiger partial charge on any atom is -0.349 e. The van der Waals surface area contributed by atoms with Crippen LogP contribution < -0.4 is 5.32 Å². The van der Waals surface area contributed by atoms with Crippen LogP contribution in [0.1, 0.15) is 70.4 Å². The highest BCUT2D eigenvalue weighted by Gasteiger charge is 2.33. The molecule has 0 unspecified atom stereocenters. The van der Waals surface area contributed by atoms with Crippen LogP contribution in [0.2, 0.25) is 0 Å². The van der Waals surface area contributed by atoms with Crippen molar-refractivity contribution < 1.29 is 14.4 Å². The van der Waals surface area contributed by atoms with Gasteiger partial charge in [0.1, 0.15) is 0 Å². The molecule has 166 valence electrons. The highest BCUT2D eigenvalue weighted by molar-refractivity contribution is 5.95. The van der Waals surface area contributed by atoms with Crippen LogP contribution in [-0.4, -0.2) is 46.1 Å². The van der Waals surface area contributed by atoms with E-state index in [1.165, 1.54) is 0 Å². The van der Waals surface area contributed by atoms with Crippen molar-refractivity contribution in [2.45, 2.75) is 63.7 Å². The average Bonchev–Trinajstić information content (AvgIpc) is 3.74. The van der Waals surface area contributed by atoms with Crippen molar-refractivity contribution in [2.75, 3.05) is 6.54 Å². The molecule has 1 saturated heterocycles. The van der Waals surface area contributed by atoms with Gasteiger partial charge in [-0.15, -0.1) is 0 Å². The molecular formula is C26H29N3O3. The monoisotopic (exact) mass is 431 g/mol. The lowest BCUT2D eigenvalue weighted by atomic mass is 10.1. The summed E-state index contributed by atoms with van der Waals surface area (Å²) in [6, 6.07) is 15.9. The normalized spacial score (nSPS) is 18.0. The maximum atomic E-state index is 13.2. The largest absolute Gasteiger partial charge is 0.349 e. The van der Waals surface area contributed by atoms with Crippen LogP contribution in [0, 0.1) is 0 Å². The molecule has 2 aromatic carbocycles. The fourth-order valence-corrected chi connectivity index (χ4v) is 4.22. The quantitative estimate of drug-likeness (QED) is 0.695. The number of amides is 3. The Morgan fingerprint density at radius 3 is 2.16 bits per heavy atom. The van der Waals surface area contributed by atoms with Gasteiger partial charge in [-0.1, -0.05) is 24.3 Å². The molecule has 32 heavy (non-hydrogen) atoms. The van der Waals surface area contributed by atoms with Crippen molar-refractivity contribution in [1.29, 1.82) is 0 Å². The number of hydrogen-bond donors (Lipinski definition) is 1. The number of carbonyl (C=O) groups excluding carboxylic acids is 3. The number of hydrogen-bond acceptors (Lipinski definition) is 3. The van der Waals surface area contributed by atoms with Gasteiger partial charge in [-0.2, -0.15) is 0 Å². The molecule has 1 aliphatic heterocycles. The van der Waals surface area contributed by atoms with Crippen LogP contribution >= 0.6 is 0 Å². The fraction of sp³-hybridized carbons (Fsp3) is 0.423. The summed E-state index contributed by atoms with van der Waals surface area (Å²) in [6.45, 7) is 1.97. The van der Waals surface area contributed by atoms with Crippen molar-refractivity contribution in [3.8, 4) is 0 Å². The lowest BCUT2D eigenvalue weighted by molar-refractivity contribution is -0.128. The summed E-state index contributed by atoms with van der Waals surface area (Å²) in [5.74, 6) is 0.220. The maximum Gasteiger partial charge on any atom is 0.254 e. The molecule has 0 spiro atoms. The topological polar surface area (TPSA) is 69.7 Å². The zero-order chi connectivity index (χ0) is 22.1. The number of nitrogens with one attached hydrogen (secondary N) is 1. The summed E-state index contributed by atoms with van der Waals surface area (Å²) in [7, 11) is 0. The third-order valence-electron chi connectivity index (χ3n) is 6.48. The summed E-state index contributed by atoms with van der Waals surface area (Å²) < 4.78 is 0. The molecule has 2 saturated carbocycles. The standard InChI is InChI=1S/C26H29N3O3/c30-24-2-1-15-28(24)16-18-5-9-21(10-6-18)26(32)29(23-13-14-23)17-19-3-7-20(8-4-19)25(31)27-22-11-12-22/h3-10,22-23H,1-2,11-17H2,(H,27,31). The van der Waals surface area contributed by atoms with Crippen LogP contribution in [0.25, 0.3) is 0 Å². The molecule has 2 aliphatic carbocycles. The lowest BCUT2D eigenvalue weighted by Crippen LogP contribution is -2.32. The summed E-state index contributed by atoms with van der Waals surface area (Å²) in [4.78, 5) is 41.1. The summed E-state index contributed by atoms with van der Waals surface area (Å²) in [5.41, 5.74) is 3.41. The van der Waals surface area contributed by atoms with E-state index in [2.05, 4.69) is 5.32 Å². The van der Waals surface area contributed by atoms with Crippen LogP contribution in [0.15, 0.2) is 48.5 Å². The van der Waals surface area contributed by atoms with E-state index in [1.54, 1.807) is 0 Å². The fourth-order valence-electron chi connectivity index (χ4n) is 4.22. The van der Waals surface area contributed by atoms with Crippen LogP contribution in [-0.2, 0) is 17.9 Å². The van der Waals surface area contributed by atoms with E-state index in [0.717, 1.165) is 49.8 Å². The van der Waals surface area contributed by atoms with Crippen LogP contribution in [0.3, 0.4) is 0 Å². The predicted octanol–water partition coefficient (Wildman–Crippen LogP) is 3.51. The molecule has 6 nitrogen and oxygen atoms in total. The molecule has 0 bridgehead atoms. The second-order valence-corrected chi connectivity index (χ2v) is 9.22. The molecule has 0 aromatic heterocycles. The number of likely N-dealkylation sites (tertiary alicyclic amines) is 1. The van der Waals surface area contributed by atoms with Crippen molar-refractivity contribution >= 4 is 17.7 Å². The van der Waals surface area contributed by atoms with Gasteiger partial charge < -0.3 is 15.1 Å². The Bertz CT molecular complexity index is 1010. The number of nitrogens with zero attached hydrogens (tertiary/aromatic N) is 2. The van der Waals surface area contributed by atoms with E-state index >= 15 is 0 Å². The molecule has 0 atom stereocenters. The van der Waals surface area contributed by atoms with Crippen molar-refractivity contribution in [1.82, 2.24) is 15.1 Å². The first-order chi connectivity index (χ1) is 15.6. The third-order valence-corrected chi connectivity index (χ3v) is 6.48. The van der Waals surface area contributed by atoms with Gasteiger partial charge >= 0.3 is 0 Å². The number of rotatable bonds is 8. The Morgan fingerprint density at radius 1 is 0.906 bits per heavy atom. The van der Waals surface area contributed by atoms with E-state index in [9.17, 15) is 14.4 Å². The summed E-state index contributed by atoms with van der Waals surface area (Å²) >= 11 is 0.